The van der Waals surface area contributed by atoms with E-state index in [1.54, 1.807) is 6.08 Å². The van der Waals surface area contributed by atoms with Gasteiger partial charge in [0.25, 0.3) is 0 Å². The maximum atomic E-state index is 11.7. The molecule has 7 nitrogen and oxygen atoms in total. The van der Waals surface area contributed by atoms with Crippen LogP contribution in [0.15, 0.2) is 12.7 Å². The molecule has 0 bridgehead atoms. The van der Waals surface area contributed by atoms with E-state index in [9.17, 15) is 9.59 Å². The number of urea groups is 1. The number of aliphatic carboxylic acids is 1. The standard InChI is InChI=1S/C11H20N2O5/c1-3-4-13(5-6-14)11(17)12-8-9(18-2)7-10(15)16/h3,9,14H,1,4-8H2,2H3,(H,12,17)(H,15,16). The summed E-state index contributed by atoms with van der Waals surface area (Å²) < 4.78 is 4.93. The molecule has 18 heavy (non-hydrogen) atoms. The van der Waals surface area contributed by atoms with Gasteiger partial charge in [-0.15, -0.1) is 6.58 Å². The van der Waals surface area contributed by atoms with Crippen LogP contribution < -0.4 is 5.32 Å². The molecule has 104 valence electrons. The minimum Gasteiger partial charge on any atom is -0.481 e. The number of hydrogen-bond acceptors (Lipinski definition) is 4. The molecular formula is C11H20N2O5. The van der Waals surface area contributed by atoms with Crippen LogP contribution in [0.5, 0.6) is 0 Å². The molecule has 1 unspecified atom stereocenters. The van der Waals surface area contributed by atoms with Crippen molar-refractivity contribution in [1.82, 2.24) is 10.2 Å². The van der Waals surface area contributed by atoms with E-state index in [1.807, 2.05) is 0 Å². The lowest BCUT2D eigenvalue weighted by molar-refractivity contribution is -0.139. The number of hydrogen-bond donors (Lipinski definition) is 3. The van der Waals surface area contributed by atoms with Gasteiger partial charge < -0.3 is 25.2 Å². The first-order valence-electron chi connectivity index (χ1n) is 5.54. The highest BCUT2D eigenvalue weighted by Crippen LogP contribution is 1.97. The molecule has 0 aromatic rings. The highest BCUT2D eigenvalue weighted by molar-refractivity contribution is 5.74. The number of nitrogens with one attached hydrogen (secondary N) is 1. The third-order valence-electron chi connectivity index (χ3n) is 2.22. The zero-order chi connectivity index (χ0) is 14.0. The molecule has 0 saturated heterocycles. The third kappa shape index (κ3) is 6.87. The summed E-state index contributed by atoms with van der Waals surface area (Å²) in [6, 6.07) is -0.392. The van der Waals surface area contributed by atoms with Crippen molar-refractivity contribution in [1.29, 1.82) is 0 Å². The molecule has 0 rings (SSSR count). The molecule has 7 heteroatoms. The van der Waals surface area contributed by atoms with Gasteiger partial charge in [-0.3, -0.25) is 4.79 Å². The van der Waals surface area contributed by atoms with Crippen LogP contribution in [-0.2, 0) is 9.53 Å². The fourth-order valence-electron chi connectivity index (χ4n) is 1.30. The molecule has 0 spiro atoms. The second-order valence-corrected chi connectivity index (χ2v) is 3.60. The molecule has 0 aliphatic carbocycles. The number of methoxy groups -OCH3 is 1. The van der Waals surface area contributed by atoms with Gasteiger partial charge in [0.15, 0.2) is 0 Å². The second-order valence-electron chi connectivity index (χ2n) is 3.60. The van der Waals surface area contributed by atoms with Crippen molar-refractivity contribution >= 4 is 12.0 Å². The lowest BCUT2D eigenvalue weighted by Gasteiger charge is -2.22. The van der Waals surface area contributed by atoms with Gasteiger partial charge in [0, 0.05) is 26.7 Å². The van der Waals surface area contributed by atoms with Gasteiger partial charge in [-0.05, 0) is 0 Å². The lowest BCUT2D eigenvalue weighted by atomic mass is 10.2. The number of ether oxygens (including phenoxy) is 1. The van der Waals surface area contributed by atoms with E-state index in [2.05, 4.69) is 11.9 Å². The molecule has 2 amide bonds. The second kappa shape index (κ2) is 9.43. The van der Waals surface area contributed by atoms with E-state index in [0.717, 1.165) is 0 Å². The van der Waals surface area contributed by atoms with E-state index in [-0.39, 0.29) is 26.1 Å². The Morgan fingerprint density at radius 3 is 2.67 bits per heavy atom. The Balaban J connectivity index is 4.18. The van der Waals surface area contributed by atoms with Crippen LogP contribution in [0.1, 0.15) is 6.42 Å². The Morgan fingerprint density at radius 1 is 1.56 bits per heavy atom. The van der Waals surface area contributed by atoms with Crippen LogP contribution in [0.25, 0.3) is 0 Å². The van der Waals surface area contributed by atoms with E-state index >= 15 is 0 Å². The number of aliphatic hydroxyl groups excluding tert-OH is 1. The average molecular weight is 260 g/mol. The fourth-order valence-corrected chi connectivity index (χ4v) is 1.30. The minimum atomic E-state index is -0.991. The molecule has 1 atom stereocenters. The van der Waals surface area contributed by atoms with Crippen LogP contribution >= 0.6 is 0 Å². The van der Waals surface area contributed by atoms with E-state index in [0.29, 0.717) is 6.54 Å². The predicted molar refractivity (Wildman–Crippen MR) is 65.3 cm³/mol. The first kappa shape index (κ1) is 16.4. The van der Waals surface area contributed by atoms with Crippen LogP contribution in [0.4, 0.5) is 4.79 Å². The molecule has 0 fully saturated rings. The van der Waals surface area contributed by atoms with Crippen LogP contribution in [-0.4, -0.2) is 66.6 Å². The van der Waals surface area contributed by atoms with Crippen molar-refractivity contribution < 1.29 is 24.5 Å². The SMILES string of the molecule is C=CCN(CCO)C(=O)NCC(CC(=O)O)OC. The van der Waals surface area contributed by atoms with Gasteiger partial charge in [0.2, 0.25) is 0 Å². The molecule has 0 aromatic carbocycles. The van der Waals surface area contributed by atoms with Crippen LogP contribution in [0.3, 0.4) is 0 Å². The van der Waals surface area contributed by atoms with Gasteiger partial charge in [-0.2, -0.15) is 0 Å². The number of carboxylic acids is 1. The summed E-state index contributed by atoms with van der Waals surface area (Å²) in [5, 5.41) is 20.0. The highest BCUT2D eigenvalue weighted by Gasteiger charge is 2.16. The Morgan fingerprint density at radius 2 is 2.22 bits per heavy atom. The summed E-state index contributed by atoms with van der Waals surface area (Å²) in [5.41, 5.74) is 0. The lowest BCUT2D eigenvalue weighted by Crippen LogP contribution is -2.44. The summed E-state index contributed by atoms with van der Waals surface area (Å²) in [7, 11) is 1.38. The van der Waals surface area contributed by atoms with Crippen LogP contribution in [0, 0.1) is 0 Å². The maximum absolute atomic E-state index is 11.7. The number of carbonyl (C=O) groups excluding carboxylic acids is 1. The Hall–Kier alpha value is -1.60. The highest BCUT2D eigenvalue weighted by atomic mass is 16.5. The molecule has 0 saturated carbocycles. The number of amides is 2. The topological polar surface area (TPSA) is 99.1 Å². The monoisotopic (exact) mass is 260 g/mol. The first-order chi connectivity index (χ1) is 8.54. The fraction of sp³-hybridized carbons (Fsp3) is 0.636. The van der Waals surface area contributed by atoms with Gasteiger partial charge in [-0.1, -0.05) is 6.08 Å². The zero-order valence-corrected chi connectivity index (χ0v) is 10.5. The predicted octanol–water partition coefficient (Wildman–Crippen LogP) is -0.334. The quantitative estimate of drug-likeness (QED) is 0.493. The Kier molecular flexibility index (Phi) is 8.59. The molecule has 3 N–H and O–H groups in total. The molecular weight excluding hydrogens is 240 g/mol. The van der Waals surface area contributed by atoms with Gasteiger partial charge in [0.05, 0.1) is 19.1 Å². The van der Waals surface area contributed by atoms with E-state index in [4.69, 9.17) is 14.9 Å². The van der Waals surface area contributed by atoms with Crippen molar-refractivity contribution in [2.75, 3.05) is 33.4 Å². The largest absolute Gasteiger partial charge is 0.481 e. The molecule has 0 radical (unpaired) electrons. The summed E-state index contributed by atoms with van der Waals surface area (Å²) in [6.07, 6.45) is 0.782. The average Bonchev–Trinajstić information content (AvgIpc) is 2.33. The van der Waals surface area contributed by atoms with E-state index < -0.39 is 18.1 Å². The van der Waals surface area contributed by atoms with Crippen molar-refractivity contribution in [3.8, 4) is 0 Å². The number of rotatable bonds is 9. The third-order valence-corrected chi connectivity index (χ3v) is 2.22. The van der Waals surface area contributed by atoms with Crippen LogP contribution in [0.2, 0.25) is 0 Å². The molecule has 0 heterocycles. The smallest absolute Gasteiger partial charge is 0.317 e. The summed E-state index contributed by atoms with van der Waals surface area (Å²) >= 11 is 0. The van der Waals surface area contributed by atoms with Crippen molar-refractivity contribution in [2.24, 2.45) is 0 Å². The Labute approximate surface area is 106 Å². The summed E-state index contributed by atoms with van der Waals surface area (Å²) in [6.45, 7) is 3.96. The minimum absolute atomic E-state index is 0.0979. The first-order valence-corrected chi connectivity index (χ1v) is 5.54. The maximum Gasteiger partial charge on any atom is 0.317 e. The number of nitrogens with zero attached hydrogens (tertiary/aromatic N) is 1. The summed E-state index contributed by atoms with van der Waals surface area (Å²) in [4.78, 5) is 23.5. The summed E-state index contributed by atoms with van der Waals surface area (Å²) in [5.74, 6) is -0.991. The number of carboxylic acid groups (broad SMARTS) is 1. The Bertz CT molecular complexity index is 283. The van der Waals surface area contributed by atoms with Crippen molar-refractivity contribution in [3.05, 3.63) is 12.7 Å². The van der Waals surface area contributed by atoms with Gasteiger partial charge in [0.1, 0.15) is 0 Å². The molecule has 0 aromatic heterocycles. The van der Waals surface area contributed by atoms with Crippen molar-refractivity contribution in [3.63, 3.8) is 0 Å². The van der Waals surface area contributed by atoms with Gasteiger partial charge in [-0.25, -0.2) is 4.79 Å². The number of aliphatic hydroxyl groups is 1. The number of carbonyl (C=O) groups is 2. The van der Waals surface area contributed by atoms with Crippen molar-refractivity contribution in [2.45, 2.75) is 12.5 Å². The molecule has 0 aliphatic heterocycles. The normalized spacial score (nSPS) is 11.7. The molecule has 0 aliphatic rings. The van der Waals surface area contributed by atoms with E-state index in [1.165, 1.54) is 12.0 Å². The van der Waals surface area contributed by atoms with Gasteiger partial charge >= 0.3 is 12.0 Å². The zero-order valence-electron chi connectivity index (χ0n) is 10.5.